The molecule has 2 aromatic rings. The Balaban J connectivity index is 2.27. The van der Waals surface area contributed by atoms with Gasteiger partial charge in [0.2, 0.25) is 0 Å². The van der Waals surface area contributed by atoms with Crippen molar-refractivity contribution in [3.05, 3.63) is 63.1 Å². The molecule has 100 valence electrons. The minimum Gasteiger partial charge on any atom is -0.377 e. The third kappa shape index (κ3) is 3.43. The van der Waals surface area contributed by atoms with Gasteiger partial charge >= 0.3 is 0 Å². The van der Waals surface area contributed by atoms with Crippen LogP contribution >= 0.6 is 23.2 Å². The van der Waals surface area contributed by atoms with Crippen LogP contribution in [0.4, 0.5) is 5.69 Å². The molecule has 2 rings (SSSR count). The summed E-state index contributed by atoms with van der Waals surface area (Å²) in [5, 5.41) is 4.78. The maximum atomic E-state index is 6.18. The molecule has 3 heteroatoms. The van der Waals surface area contributed by atoms with Crippen LogP contribution in [-0.4, -0.2) is 0 Å². The Morgan fingerprint density at radius 1 is 1.00 bits per heavy atom. The van der Waals surface area contributed by atoms with Gasteiger partial charge in [-0.3, -0.25) is 0 Å². The number of rotatable bonds is 3. The molecule has 19 heavy (non-hydrogen) atoms. The molecule has 0 aliphatic carbocycles. The second kappa shape index (κ2) is 5.85. The monoisotopic (exact) mass is 293 g/mol. The van der Waals surface area contributed by atoms with Crippen molar-refractivity contribution >= 4 is 28.9 Å². The van der Waals surface area contributed by atoms with Gasteiger partial charge in [0.15, 0.2) is 0 Å². The summed E-state index contributed by atoms with van der Waals surface area (Å²) in [6.45, 7) is 6.34. The van der Waals surface area contributed by atoms with Crippen molar-refractivity contribution in [1.82, 2.24) is 0 Å². The van der Waals surface area contributed by atoms with E-state index < -0.39 is 0 Å². The number of hydrogen-bond donors (Lipinski definition) is 1. The van der Waals surface area contributed by atoms with Gasteiger partial charge in [-0.1, -0.05) is 47.0 Å². The Labute approximate surface area is 124 Å². The van der Waals surface area contributed by atoms with E-state index in [-0.39, 0.29) is 6.04 Å². The molecule has 0 saturated carbocycles. The molecule has 0 aliphatic rings. The molecule has 0 fully saturated rings. The lowest BCUT2D eigenvalue weighted by molar-refractivity contribution is 0.872. The highest BCUT2D eigenvalue weighted by Crippen LogP contribution is 2.30. The quantitative estimate of drug-likeness (QED) is 0.756. The summed E-state index contributed by atoms with van der Waals surface area (Å²) in [7, 11) is 0. The van der Waals surface area contributed by atoms with E-state index in [2.05, 4.69) is 44.3 Å². The normalized spacial score (nSPS) is 12.3. The van der Waals surface area contributed by atoms with Gasteiger partial charge in [0.05, 0.1) is 10.7 Å². The number of anilines is 1. The summed E-state index contributed by atoms with van der Waals surface area (Å²) in [5.74, 6) is 0. The van der Waals surface area contributed by atoms with Crippen molar-refractivity contribution in [1.29, 1.82) is 0 Å². The summed E-state index contributed by atoms with van der Waals surface area (Å²) in [6, 6.07) is 12.1. The average Bonchev–Trinajstić information content (AvgIpc) is 2.36. The smallest absolute Gasteiger partial charge is 0.0638 e. The third-order valence-electron chi connectivity index (χ3n) is 3.20. The highest BCUT2D eigenvalue weighted by atomic mass is 35.5. The van der Waals surface area contributed by atoms with E-state index in [1.54, 1.807) is 6.07 Å². The second-order valence-corrected chi connectivity index (χ2v) is 5.69. The predicted molar refractivity (Wildman–Crippen MR) is 84.4 cm³/mol. The molecule has 0 bridgehead atoms. The van der Waals surface area contributed by atoms with E-state index in [4.69, 9.17) is 23.2 Å². The standard InChI is InChI=1S/C16H17Cl2N/c1-10-4-5-11(2)14(8-10)12(3)19-16-9-13(17)6-7-15(16)18/h4-9,12,19H,1-3H3. The Kier molecular flexibility index (Phi) is 4.38. The van der Waals surface area contributed by atoms with Crippen LogP contribution in [0.1, 0.15) is 29.7 Å². The second-order valence-electron chi connectivity index (χ2n) is 4.85. The Bertz CT molecular complexity index is 593. The number of nitrogens with one attached hydrogen (secondary N) is 1. The maximum absolute atomic E-state index is 6.18. The molecule has 1 atom stereocenters. The Hall–Kier alpha value is -1.18. The number of halogens is 2. The molecule has 0 amide bonds. The topological polar surface area (TPSA) is 12.0 Å². The lowest BCUT2D eigenvalue weighted by Gasteiger charge is -2.19. The number of aryl methyl sites for hydroxylation is 2. The van der Waals surface area contributed by atoms with Gasteiger partial charge in [-0.2, -0.15) is 0 Å². The van der Waals surface area contributed by atoms with Gasteiger partial charge in [0.25, 0.3) is 0 Å². The summed E-state index contributed by atoms with van der Waals surface area (Å²) in [6.07, 6.45) is 0. The zero-order valence-corrected chi connectivity index (χ0v) is 12.8. The first-order valence-corrected chi connectivity index (χ1v) is 7.01. The summed E-state index contributed by atoms with van der Waals surface area (Å²) in [4.78, 5) is 0. The first-order valence-electron chi connectivity index (χ1n) is 6.26. The lowest BCUT2D eigenvalue weighted by Crippen LogP contribution is -2.08. The summed E-state index contributed by atoms with van der Waals surface area (Å²) >= 11 is 12.2. The van der Waals surface area contributed by atoms with E-state index in [0.29, 0.717) is 10.0 Å². The molecule has 2 aromatic carbocycles. The fourth-order valence-electron chi connectivity index (χ4n) is 2.15. The van der Waals surface area contributed by atoms with Crippen LogP contribution in [0.5, 0.6) is 0 Å². The minimum absolute atomic E-state index is 0.177. The van der Waals surface area contributed by atoms with Gasteiger partial charge in [0.1, 0.15) is 0 Å². The van der Waals surface area contributed by atoms with Gasteiger partial charge in [-0.15, -0.1) is 0 Å². The molecule has 0 spiro atoms. The van der Waals surface area contributed by atoms with Crippen molar-refractivity contribution in [3.8, 4) is 0 Å². The van der Waals surface area contributed by atoms with Crippen LogP contribution < -0.4 is 5.32 Å². The van der Waals surface area contributed by atoms with Gasteiger partial charge < -0.3 is 5.32 Å². The first-order chi connectivity index (χ1) is 8.97. The van der Waals surface area contributed by atoms with Crippen molar-refractivity contribution in [2.75, 3.05) is 5.32 Å². The Morgan fingerprint density at radius 3 is 2.47 bits per heavy atom. The number of hydrogen-bond acceptors (Lipinski definition) is 1. The molecule has 0 radical (unpaired) electrons. The van der Waals surface area contributed by atoms with E-state index in [0.717, 1.165) is 5.69 Å². The summed E-state index contributed by atoms with van der Waals surface area (Å²) in [5.41, 5.74) is 4.66. The lowest BCUT2D eigenvalue weighted by atomic mass is 10.00. The van der Waals surface area contributed by atoms with Crippen LogP contribution in [0.25, 0.3) is 0 Å². The highest BCUT2D eigenvalue weighted by Gasteiger charge is 2.10. The van der Waals surface area contributed by atoms with E-state index >= 15 is 0 Å². The number of benzene rings is 2. The van der Waals surface area contributed by atoms with Crippen LogP contribution in [0.3, 0.4) is 0 Å². The molecular formula is C16H17Cl2N. The van der Waals surface area contributed by atoms with E-state index in [9.17, 15) is 0 Å². The molecule has 0 saturated heterocycles. The first kappa shape index (κ1) is 14.2. The van der Waals surface area contributed by atoms with E-state index in [1.165, 1.54) is 16.7 Å². The molecule has 1 unspecified atom stereocenters. The average molecular weight is 294 g/mol. The highest BCUT2D eigenvalue weighted by molar-refractivity contribution is 6.35. The van der Waals surface area contributed by atoms with Crippen molar-refractivity contribution in [2.24, 2.45) is 0 Å². The largest absolute Gasteiger partial charge is 0.377 e. The predicted octanol–water partition coefficient (Wildman–Crippen LogP) is 5.78. The molecule has 0 heterocycles. The Morgan fingerprint density at radius 2 is 1.74 bits per heavy atom. The van der Waals surface area contributed by atoms with Crippen LogP contribution in [0.2, 0.25) is 10.0 Å². The van der Waals surface area contributed by atoms with Crippen LogP contribution in [-0.2, 0) is 0 Å². The zero-order valence-electron chi connectivity index (χ0n) is 11.3. The SMILES string of the molecule is Cc1ccc(C)c(C(C)Nc2cc(Cl)ccc2Cl)c1. The molecular weight excluding hydrogens is 277 g/mol. The van der Waals surface area contributed by atoms with Gasteiger partial charge in [-0.05, 0) is 50.1 Å². The van der Waals surface area contributed by atoms with E-state index in [1.807, 2.05) is 12.1 Å². The third-order valence-corrected chi connectivity index (χ3v) is 3.77. The van der Waals surface area contributed by atoms with Crippen molar-refractivity contribution in [3.63, 3.8) is 0 Å². The van der Waals surface area contributed by atoms with Crippen LogP contribution in [0.15, 0.2) is 36.4 Å². The molecule has 1 N–H and O–H groups in total. The maximum Gasteiger partial charge on any atom is 0.0638 e. The van der Waals surface area contributed by atoms with Crippen LogP contribution in [0, 0.1) is 13.8 Å². The molecule has 1 nitrogen and oxygen atoms in total. The summed E-state index contributed by atoms with van der Waals surface area (Å²) < 4.78 is 0. The van der Waals surface area contributed by atoms with Crippen molar-refractivity contribution < 1.29 is 0 Å². The fourth-order valence-corrected chi connectivity index (χ4v) is 2.49. The zero-order chi connectivity index (χ0) is 14.0. The molecule has 0 aromatic heterocycles. The van der Waals surface area contributed by atoms with Gasteiger partial charge in [0, 0.05) is 11.1 Å². The van der Waals surface area contributed by atoms with Gasteiger partial charge in [-0.25, -0.2) is 0 Å². The van der Waals surface area contributed by atoms with Crippen molar-refractivity contribution in [2.45, 2.75) is 26.8 Å². The molecule has 0 aliphatic heterocycles. The fraction of sp³-hybridized carbons (Fsp3) is 0.250. The minimum atomic E-state index is 0.177.